The van der Waals surface area contributed by atoms with E-state index in [0.717, 1.165) is 22.4 Å². The summed E-state index contributed by atoms with van der Waals surface area (Å²) in [6.45, 7) is 5.87. The number of imide groups is 1. The molecule has 0 radical (unpaired) electrons. The predicted octanol–water partition coefficient (Wildman–Crippen LogP) is 5.02. The number of carbonyl (C=O) groups is 2. The van der Waals surface area contributed by atoms with Crippen molar-refractivity contribution in [3.8, 4) is 5.75 Å². The molecule has 0 atom stereocenters. The molecule has 0 bridgehead atoms. The van der Waals surface area contributed by atoms with Crippen LogP contribution in [0.3, 0.4) is 0 Å². The first-order valence-electron chi connectivity index (χ1n) is 10.1. The Hall–Kier alpha value is -3.86. The SMILES string of the molecule is COc1ccccc1C1=C(Nc2ccc(C)cc2)C(=O)N(c2cccc(C)c2C)C1=O. The van der Waals surface area contributed by atoms with Crippen molar-refractivity contribution in [1.82, 2.24) is 0 Å². The van der Waals surface area contributed by atoms with Gasteiger partial charge in [0.15, 0.2) is 0 Å². The molecular weight excluding hydrogens is 388 g/mol. The molecule has 2 amide bonds. The molecule has 31 heavy (non-hydrogen) atoms. The second kappa shape index (κ2) is 8.11. The van der Waals surface area contributed by atoms with E-state index >= 15 is 0 Å². The third kappa shape index (κ3) is 3.59. The monoisotopic (exact) mass is 412 g/mol. The van der Waals surface area contributed by atoms with Crippen LogP contribution in [0.15, 0.2) is 72.4 Å². The van der Waals surface area contributed by atoms with Crippen molar-refractivity contribution in [2.45, 2.75) is 20.8 Å². The standard InChI is InChI=1S/C26H24N2O3/c1-16-12-14-19(15-13-16)27-24-23(20-9-5-6-11-22(20)31-4)25(29)28(26(24)30)21-10-7-8-17(2)18(21)3/h5-15,27H,1-4H3. The molecule has 3 aromatic rings. The molecule has 0 saturated carbocycles. The van der Waals surface area contributed by atoms with Crippen LogP contribution in [-0.2, 0) is 9.59 Å². The van der Waals surface area contributed by atoms with Gasteiger partial charge in [-0.05, 0) is 56.2 Å². The van der Waals surface area contributed by atoms with Crippen molar-refractivity contribution in [3.05, 3.63) is 94.7 Å². The summed E-state index contributed by atoms with van der Waals surface area (Å²) in [7, 11) is 1.55. The lowest BCUT2D eigenvalue weighted by atomic mass is 10.0. The number of nitrogens with one attached hydrogen (secondary N) is 1. The highest BCUT2D eigenvalue weighted by Gasteiger charge is 2.41. The van der Waals surface area contributed by atoms with Gasteiger partial charge in [0.25, 0.3) is 11.8 Å². The van der Waals surface area contributed by atoms with Gasteiger partial charge in [-0.1, -0.05) is 48.0 Å². The van der Waals surface area contributed by atoms with Gasteiger partial charge in [0.05, 0.1) is 18.4 Å². The third-order valence-corrected chi connectivity index (χ3v) is 5.60. The average Bonchev–Trinajstić information content (AvgIpc) is 3.01. The highest BCUT2D eigenvalue weighted by atomic mass is 16.5. The van der Waals surface area contributed by atoms with Crippen LogP contribution in [-0.4, -0.2) is 18.9 Å². The van der Waals surface area contributed by atoms with Crippen molar-refractivity contribution >= 4 is 28.8 Å². The van der Waals surface area contributed by atoms with Crippen LogP contribution in [0.5, 0.6) is 5.75 Å². The van der Waals surface area contributed by atoms with Gasteiger partial charge in [-0.15, -0.1) is 0 Å². The molecule has 5 heteroatoms. The average molecular weight is 412 g/mol. The molecule has 5 nitrogen and oxygen atoms in total. The maximum atomic E-state index is 13.7. The number of para-hydroxylation sites is 1. The zero-order valence-corrected chi connectivity index (χ0v) is 18.0. The Morgan fingerprint density at radius 1 is 0.806 bits per heavy atom. The molecule has 1 aliphatic rings. The summed E-state index contributed by atoms with van der Waals surface area (Å²) >= 11 is 0. The summed E-state index contributed by atoms with van der Waals surface area (Å²) in [4.78, 5) is 28.5. The zero-order valence-electron chi connectivity index (χ0n) is 18.0. The number of carbonyl (C=O) groups excluding carboxylic acids is 2. The normalized spacial score (nSPS) is 13.7. The van der Waals surface area contributed by atoms with E-state index in [9.17, 15) is 9.59 Å². The third-order valence-electron chi connectivity index (χ3n) is 5.60. The molecule has 0 spiro atoms. The molecule has 156 valence electrons. The summed E-state index contributed by atoms with van der Waals surface area (Å²) in [5, 5.41) is 3.19. The van der Waals surface area contributed by atoms with Crippen LogP contribution < -0.4 is 15.0 Å². The van der Waals surface area contributed by atoms with Crippen molar-refractivity contribution < 1.29 is 14.3 Å². The quantitative estimate of drug-likeness (QED) is 0.598. The maximum absolute atomic E-state index is 13.7. The van der Waals surface area contributed by atoms with Crippen molar-refractivity contribution in [3.63, 3.8) is 0 Å². The van der Waals surface area contributed by atoms with Crippen LogP contribution >= 0.6 is 0 Å². The Bertz CT molecular complexity index is 1210. The smallest absolute Gasteiger partial charge is 0.282 e. The van der Waals surface area contributed by atoms with E-state index in [0.29, 0.717) is 22.6 Å². The summed E-state index contributed by atoms with van der Waals surface area (Å²) in [5.74, 6) is -0.234. The van der Waals surface area contributed by atoms with Crippen molar-refractivity contribution in [2.75, 3.05) is 17.3 Å². The number of ether oxygens (including phenoxy) is 1. The lowest BCUT2D eigenvalue weighted by Gasteiger charge is -2.19. The van der Waals surface area contributed by atoms with Gasteiger partial charge >= 0.3 is 0 Å². The van der Waals surface area contributed by atoms with Crippen LogP contribution in [0.2, 0.25) is 0 Å². The Balaban J connectivity index is 1.88. The Labute approximate surface area is 182 Å². The number of nitrogens with zero attached hydrogens (tertiary/aromatic N) is 1. The fraction of sp³-hybridized carbons (Fsp3) is 0.154. The minimum absolute atomic E-state index is 0.235. The van der Waals surface area contributed by atoms with Crippen molar-refractivity contribution in [2.24, 2.45) is 0 Å². The van der Waals surface area contributed by atoms with Gasteiger partial charge in [-0.25, -0.2) is 4.90 Å². The van der Waals surface area contributed by atoms with Crippen LogP contribution in [0.1, 0.15) is 22.3 Å². The van der Waals surface area contributed by atoms with E-state index in [2.05, 4.69) is 5.32 Å². The molecule has 0 aromatic heterocycles. The summed E-state index contributed by atoms with van der Waals surface area (Å²) in [6, 6.07) is 20.5. The largest absolute Gasteiger partial charge is 0.496 e. The number of methoxy groups -OCH3 is 1. The number of anilines is 2. The molecule has 1 N–H and O–H groups in total. The number of aryl methyl sites for hydroxylation is 2. The summed E-state index contributed by atoms with van der Waals surface area (Å²) in [5.41, 5.74) is 5.43. The van der Waals surface area contributed by atoms with Crippen LogP contribution in [0.4, 0.5) is 11.4 Å². The van der Waals surface area contributed by atoms with E-state index in [4.69, 9.17) is 4.74 Å². The van der Waals surface area contributed by atoms with E-state index in [1.165, 1.54) is 4.90 Å². The first-order chi connectivity index (χ1) is 14.9. The molecule has 1 heterocycles. The molecule has 1 aliphatic heterocycles. The number of benzene rings is 3. The molecule has 4 rings (SSSR count). The van der Waals surface area contributed by atoms with E-state index in [1.54, 1.807) is 25.3 Å². The highest BCUT2D eigenvalue weighted by Crippen LogP contribution is 2.38. The number of rotatable bonds is 5. The molecule has 0 aliphatic carbocycles. The minimum atomic E-state index is -0.389. The van der Waals surface area contributed by atoms with Gasteiger partial charge < -0.3 is 10.1 Å². The molecule has 0 fully saturated rings. The molecular formula is C26H24N2O3. The molecule has 0 unspecified atom stereocenters. The minimum Gasteiger partial charge on any atom is -0.496 e. The molecule has 3 aromatic carbocycles. The summed E-state index contributed by atoms with van der Waals surface area (Å²) < 4.78 is 5.50. The van der Waals surface area contributed by atoms with E-state index < -0.39 is 0 Å². The fourth-order valence-electron chi connectivity index (χ4n) is 3.72. The second-order valence-corrected chi connectivity index (χ2v) is 7.61. The first-order valence-corrected chi connectivity index (χ1v) is 10.1. The Morgan fingerprint density at radius 3 is 2.23 bits per heavy atom. The number of amides is 2. The first kappa shape index (κ1) is 20.4. The number of hydrogen-bond donors (Lipinski definition) is 1. The highest BCUT2D eigenvalue weighted by molar-refractivity contribution is 6.46. The summed E-state index contributed by atoms with van der Waals surface area (Å²) in [6.07, 6.45) is 0. The van der Waals surface area contributed by atoms with E-state index in [1.807, 2.05) is 69.3 Å². The molecule has 0 saturated heterocycles. The zero-order chi connectivity index (χ0) is 22.1. The van der Waals surface area contributed by atoms with Crippen LogP contribution in [0, 0.1) is 20.8 Å². The van der Waals surface area contributed by atoms with Crippen LogP contribution in [0.25, 0.3) is 5.57 Å². The van der Waals surface area contributed by atoms with Gasteiger partial charge in [-0.3, -0.25) is 9.59 Å². The lowest BCUT2D eigenvalue weighted by Crippen LogP contribution is -2.33. The van der Waals surface area contributed by atoms with Gasteiger partial charge in [-0.2, -0.15) is 0 Å². The van der Waals surface area contributed by atoms with Crippen molar-refractivity contribution in [1.29, 1.82) is 0 Å². The van der Waals surface area contributed by atoms with E-state index in [-0.39, 0.29) is 17.5 Å². The Kier molecular flexibility index (Phi) is 5.34. The second-order valence-electron chi connectivity index (χ2n) is 7.61. The maximum Gasteiger partial charge on any atom is 0.282 e. The van der Waals surface area contributed by atoms with Gasteiger partial charge in [0.1, 0.15) is 11.4 Å². The predicted molar refractivity (Wildman–Crippen MR) is 123 cm³/mol. The van der Waals surface area contributed by atoms with Gasteiger partial charge in [0, 0.05) is 11.3 Å². The lowest BCUT2D eigenvalue weighted by molar-refractivity contribution is -0.120. The Morgan fingerprint density at radius 2 is 1.52 bits per heavy atom. The topological polar surface area (TPSA) is 58.6 Å². The number of hydrogen-bond acceptors (Lipinski definition) is 4. The fourth-order valence-corrected chi connectivity index (χ4v) is 3.72. The van der Waals surface area contributed by atoms with Gasteiger partial charge in [0.2, 0.25) is 0 Å².